The van der Waals surface area contributed by atoms with Crippen LogP contribution < -0.4 is 5.32 Å². The van der Waals surface area contributed by atoms with Gasteiger partial charge in [-0.3, -0.25) is 0 Å². The molecule has 0 radical (unpaired) electrons. The SMILES string of the molecule is C1CCN(C[C@@H]2CCCN2)CC1.Cl.Cl. The minimum absolute atomic E-state index is 0. The summed E-state index contributed by atoms with van der Waals surface area (Å²) in [5.41, 5.74) is 0. The first-order valence-corrected chi connectivity index (χ1v) is 5.41. The lowest BCUT2D eigenvalue weighted by Crippen LogP contribution is -2.40. The summed E-state index contributed by atoms with van der Waals surface area (Å²) in [6, 6.07) is 0.808. The van der Waals surface area contributed by atoms with Gasteiger partial charge in [0.1, 0.15) is 0 Å². The van der Waals surface area contributed by atoms with Gasteiger partial charge in [-0.2, -0.15) is 0 Å². The summed E-state index contributed by atoms with van der Waals surface area (Å²) >= 11 is 0. The van der Waals surface area contributed by atoms with E-state index in [-0.39, 0.29) is 24.8 Å². The molecule has 2 heterocycles. The normalized spacial score (nSPS) is 27.9. The molecule has 0 aromatic heterocycles. The Morgan fingerprint density at radius 2 is 1.71 bits per heavy atom. The third-order valence-corrected chi connectivity index (χ3v) is 3.09. The van der Waals surface area contributed by atoms with Gasteiger partial charge in [0.15, 0.2) is 0 Å². The predicted molar refractivity (Wildman–Crippen MR) is 65.8 cm³/mol. The Balaban J connectivity index is 0.000000845. The van der Waals surface area contributed by atoms with E-state index in [2.05, 4.69) is 10.2 Å². The molecule has 0 aromatic rings. The minimum atomic E-state index is 0. The summed E-state index contributed by atoms with van der Waals surface area (Å²) in [6.45, 7) is 5.24. The lowest BCUT2D eigenvalue weighted by molar-refractivity contribution is 0.210. The van der Waals surface area contributed by atoms with Crippen LogP contribution in [0.4, 0.5) is 0 Å². The highest BCUT2D eigenvalue weighted by Gasteiger charge is 2.18. The average Bonchev–Trinajstić information content (AvgIpc) is 2.59. The van der Waals surface area contributed by atoms with Gasteiger partial charge in [0, 0.05) is 12.6 Å². The van der Waals surface area contributed by atoms with Crippen LogP contribution in [0.15, 0.2) is 0 Å². The van der Waals surface area contributed by atoms with Crippen molar-refractivity contribution in [1.29, 1.82) is 0 Å². The molecule has 2 fully saturated rings. The summed E-state index contributed by atoms with van der Waals surface area (Å²) in [5, 5.41) is 3.56. The summed E-state index contributed by atoms with van der Waals surface area (Å²) in [4.78, 5) is 2.63. The Labute approximate surface area is 99.6 Å². The number of piperidine rings is 1. The Hall–Kier alpha value is 0.500. The second kappa shape index (κ2) is 7.75. The molecule has 2 aliphatic rings. The number of hydrogen-bond acceptors (Lipinski definition) is 2. The van der Waals surface area contributed by atoms with Crippen molar-refractivity contribution in [2.75, 3.05) is 26.2 Å². The summed E-state index contributed by atoms with van der Waals surface area (Å²) in [7, 11) is 0. The lowest BCUT2D eigenvalue weighted by atomic mass is 10.1. The maximum absolute atomic E-state index is 3.56. The molecule has 4 heteroatoms. The Bertz CT molecular complexity index is 132. The highest BCUT2D eigenvalue weighted by Crippen LogP contribution is 2.12. The Morgan fingerprint density at radius 3 is 2.29 bits per heavy atom. The highest BCUT2D eigenvalue weighted by atomic mass is 35.5. The molecular weight excluding hydrogens is 219 g/mol. The molecule has 0 bridgehead atoms. The first kappa shape index (κ1) is 14.5. The fourth-order valence-electron chi connectivity index (χ4n) is 2.37. The topological polar surface area (TPSA) is 15.3 Å². The molecule has 0 amide bonds. The minimum Gasteiger partial charge on any atom is -0.313 e. The summed E-state index contributed by atoms with van der Waals surface area (Å²) in [6.07, 6.45) is 7.09. The molecule has 0 aromatic carbocycles. The standard InChI is InChI=1S/C10H20N2.2ClH/c1-2-7-12(8-3-1)9-10-5-4-6-11-10;;/h10-11H,1-9H2;2*1H/t10-;;/m0../s1. The van der Waals surface area contributed by atoms with Gasteiger partial charge in [-0.1, -0.05) is 6.42 Å². The largest absolute Gasteiger partial charge is 0.313 e. The molecule has 2 aliphatic heterocycles. The highest BCUT2D eigenvalue weighted by molar-refractivity contribution is 5.85. The molecule has 0 saturated carbocycles. The third kappa shape index (κ3) is 4.35. The van der Waals surface area contributed by atoms with Gasteiger partial charge >= 0.3 is 0 Å². The third-order valence-electron chi connectivity index (χ3n) is 3.09. The molecule has 1 N–H and O–H groups in total. The quantitative estimate of drug-likeness (QED) is 0.796. The van der Waals surface area contributed by atoms with Crippen LogP contribution in [0.25, 0.3) is 0 Å². The van der Waals surface area contributed by atoms with Crippen molar-refractivity contribution in [3.8, 4) is 0 Å². The molecule has 86 valence electrons. The van der Waals surface area contributed by atoms with Crippen LogP contribution in [0.3, 0.4) is 0 Å². The molecule has 0 unspecified atom stereocenters. The second-order valence-corrected chi connectivity index (χ2v) is 4.15. The van der Waals surface area contributed by atoms with Crippen LogP contribution in [-0.2, 0) is 0 Å². The number of hydrogen-bond donors (Lipinski definition) is 1. The fraction of sp³-hybridized carbons (Fsp3) is 1.00. The van der Waals surface area contributed by atoms with Crippen molar-refractivity contribution >= 4 is 24.8 Å². The number of likely N-dealkylation sites (tertiary alicyclic amines) is 1. The van der Waals surface area contributed by atoms with Crippen LogP contribution in [0.1, 0.15) is 32.1 Å². The molecule has 2 saturated heterocycles. The zero-order valence-corrected chi connectivity index (χ0v) is 10.3. The number of rotatable bonds is 2. The molecule has 2 nitrogen and oxygen atoms in total. The van der Waals surface area contributed by atoms with Crippen molar-refractivity contribution in [3.05, 3.63) is 0 Å². The molecule has 0 spiro atoms. The predicted octanol–water partition coefficient (Wildman–Crippen LogP) is 2.07. The van der Waals surface area contributed by atoms with Gasteiger partial charge in [0.25, 0.3) is 0 Å². The molecule has 2 rings (SSSR count). The van der Waals surface area contributed by atoms with E-state index < -0.39 is 0 Å². The van der Waals surface area contributed by atoms with Gasteiger partial charge in [-0.25, -0.2) is 0 Å². The van der Waals surface area contributed by atoms with Crippen molar-refractivity contribution in [2.45, 2.75) is 38.1 Å². The van der Waals surface area contributed by atoms with E-state index in [0.29, 0.717) is 0 Å². The van der Waals surface area contributed by atoms with Crippen LogP contribution >= 0.6 is 24.8 Å². The summed E-state index contributed by atoms with van der Waals surface area (Å²) < 4.78 is 0. The zero-order valence-electron chi connectivity index (χ0n) is 8.71. The van der Waals surface area contributed by atoms with Crippen LogP contribution in [0.2, 0.25) is 0 Å². The summed E-state index contributed by atoms with van der Waals surface area (Å²) in [5.74, 6) is 0. The van der Waals surface area contributed by atoms with E-state index in [1.807, 2.05) is 0 Å². The van der Waals surface area contributed by atoms with Gasteiger partial charge in [0.05, 0.1) is 0 Å². The van der Waals surface area contributed by atoms with E-state index >= 15 is 0 Å². The van der Waals surface area contributed by atoms with Gasteiger partial charge < -0.3 is 10.2 Å². The number of nitrogens with one attached hydrogen (secondary N) is 1. The Morgan fingerprint density at radius 1 is 1.00 bits per heavy atom. The molecule has 1 atom stereocenters. The maximum atomic E-state index is 3.56. The van der Waals surface area contributed by atoms with Crippen LogP contribution in [0.5, 0.6) is 0 Å². The van der Waals surface area contributed by atoms with Crippen molar-refractivity contribution in [2.24, 2.45) is 0 Å². The molecular formula is C10H22Cl2N2. The first-order chi connectivity index (χ1) is 5.95. The lowest BCUT2D eigenvalue weighted by Gasteiger charge is -2.28. The van der Waals surface area contributed by atoms with Crippen molar-refractivity contribution in [3.63, 3.8) is 0 Å². The van der Waals surface area contributed by atoms with E-state index in [1.165, 1.54) is 58.3 Å². The van der Waals surface area contributed by atoms with Gasteiger partial charge in [-0.05, 0) is 45.3 Å². The number of halogens is 2. The van der Waals surface area contributed by atoms with Gasteiger partial charge in [0.2, 0.25) is 0 Å². The van der Waals surface area contributed by atoms with Gasteiger partial charge in [-0.15, -0.1) is 24.8 Å². The Kier molecular flexibility index (Phi) is 8.02. The smallest absolute Gasteiger partial charge is 0.0195 e. The van der Waals surface area contributed by atoms with Crippen molar-refractivity contribution < 1.29 is 0 Å². The maximum Gasteiger partial charge on any atom is 0.0195 e. The fourth-order valence-corrected chi connectivity index (χ4v) is 2.37. The van der Waals surface area contributed by atoms with Crippen molar-refractivity contribution in [1.82, 2.24) is 10.2 Å². The van der Waals surface area contributed by atoms with Crippen LogP contribution in [-0.4, -0.2) is 37.1 Å². The van der Waals surface area contributed by atoms with E-state index in [4.69, 9.17) is 0 Å². The molecule has 0 aliphatic carbocycles. The molecule has 14 heavy (non-hydrogen) atoms. The first-order valence-electron chi connectivity index (χ1n) is 5.41. The average molecular weight is 241 g/mol. The van der Waals surface area contributed by atoms with Crippen LogP contribution in [0, 0.1) is 0 Å². The van der Waals surface area contributed by atoms with E-state index in [1.54, 1.807) is 0 Å². The zero-order chi connectivity index (χ0) is 8.23. The number of nitrogens with zero attached hydrogens (tertiary/aromatic N) is 1. The van der Waals surface area contributed by atoms with E-state index in [9.17, 15) is 0 Å². The second-order valence-electron chi connectivity index (χ2n) is 4.15. The van der Waals surface area contributed by atoms with E-state index in [0.717, 1.165) is 6.04 Å². The monoisotopic (exact) mass is 240 g/mol.